The van der Waals surface area contributed by atoms with Crippen LogP contribution < -0.4 is 0 Å². The topological polar surface area (TPSA) is 75.6 Å². The number of hydrogen-bond donors (Lipinski definition) is 0. The van der Waals surface area contributed by atoms with Crippen LogP contribution in [-0.2, 0) is 4.74 Å². The normalized spacial score (nSPS) is 14.1. The van der Waals surface area contributed by atoms with Gasteiger partial charge in [-0.1, -0.05) is 11.6 Å². The van der Waals surface area contributed by atoms with Crippen molar-refractivity contribution in [1.82, 2.24) is 19.8 Å². The molecular weight excluding hydrogens is 380 g/mol. The molecule has 1 fully saturated rings. The molecule has 0 aliphatic carbocycles. The number of aryl methyl sites for hydroxylation is 1. The van der Waals surface area contributed by atoms with Gasteiger partial charge in [0.05, 0.1) is 23.4 Å². The van der Waals surface area contributed by atoms with Crippen LogP contribution in [0.2, 0.25) is 0 Å². The molecular formula is C23H24N4O3. The molecule has 0 bridgehead atoms. The molecule has 3 aromatic rings. The zero-order valence-corrected chi connectivity index (χ0v) is 17.2. The summed E-state index contributed by atoms with van der Waals surface area (Å²) in [6.07, 6.45) is 3.10. The molecule has 1 saturated heterocycles. The van der Waals surface area contributed by atoms with Crippen molar-refractivity contribution in [2.24, 2.45) is 0 Å². The predicted molar refractivity (Wildman–Crippen MR) is 114 cm³/mol. The number of nitrogens with zero attached hydrogens (tertiary/aromatic N) is 4. The van der Waals surface area contributed by atoms with Gasteiger partial charge in [0.15, 0.2) is 0 Å². The number of carbonyl (C=O) groups is 2. The number of pyridine rings is 2. The maximum atomic E-state index is 13.5. The summed E-state index contributed by atoms with van der Waals surface area (Å²) in [6.45, 7) is 6.00. The van der Waals surface area contributed by atoms with Gasteiger partial charge in [-0.15, -0.1) is 0 Å². The molecule has 1 aliphatic rings. The molecule has 30 heavy (non-hydrogen) atoms. The molecule has 0 unspecified atom stereocenters. The quantitative estimate of drug-likeness (QED) is 0.668. The van der Waals surface area contributed by atoms with Crippen LogP contribution in [0.15, 0.2) is 48.8 Å². The molecule has 2 amide bonds. The number of carbonyl (C=O) groups excluding carboxylic acids is 2. The van der Waals surface area contributed by atoms with E-state index in [0.29, 0.717) is 38.3 Å². The molecule has 154 valence electrons. The average Bonchev–Trinajstić information content (AvgIpc) is 2.79. The van der Waals surface area contributed by atoms with Gasteiger partial charge < -0.3 is 14.5 Å². The number of benzene rings is 1. The van der Waals surface area contributed by atoms with Crippen molar-refractivity contribution in [3.05, 3.63) is 59.9 Å². The summed E-state index contributed by atoms with van der Waals surface area (Å²) in [6, 6.07) is 11.6. The number of aromatic nitrogens is 2. The van der Waals surface area contributed by atoms with Crippen LogP contribution in [0.3, 0.4) is 0 Å². The Morgan fingerprint density at radius 1 is 1.00 bits per heavy atom. The molecule has 2 aromatic heterocycles. The Morgan fingerprint density at radius 2 is 1.70 bits per heavy atom. The van der Waals surface area contributed by atoms with E-state index in [4.69, 9.17) is 9.72 Å². The Kier molecular flexibility index (Phi) is 5.61. The van der Waals surface area contributed by atoms with E-state index < -0.39 is 0 Å². The first kappa shape index (κ1) is 19.8. The van der Waals surface area contributed by atoms with Gasteiger partial charge in [-0.05, 0) is 44.2 Å². The van der Waals surface area contributed by atoms with Crippen LogP contribution in [0.4, 0.5) is 4.79 Å². The van der Waals surface area contributed by atoms with Crippen molar-refractivity contribution < 1.29 is 14.3 Å². The molecule has 3 heterocycles. The van der Waals surface area contributed by atoms with Crippen LogP contribution in [0.25, 0.3) is 22.2 Å². The van der Waals surface area contributed by atoms with Gasteiger partial charge in [0.25, 0.3) is 5.91 Å². The summed E-state index contributed by atoms with van der Waals surface area (Å²) in [7, 11) is 0. The minimum atomic E-state index is -0.324. The third-order valence-electron chi connectivity index (χ3n) is 5.26. The fourth-order valence-corrected chi connectivity index (χ4v) is 3.66. The van der Waals surface area contributed by atoms with Crippen LogP contribution in [0.5, 0.6) is 0 Å². The van der Waals surface area contributed by atoms with Crippen LogP contribution in [0, 0.1) is 6.92 Å². The van der Waals surface area contributed by atoms with Gasteiger partial charge >= 0.3 is 6.09 Å². The molecule has 0 spiro atoms. The summed E-state index contributed by atoms with van der Waals surface area (Å²) in [5.41, 5.74) is 4.13. The summed E-state index contributed by atoms with van der Waals surface area (Å²) in [5.74, 6) is -0.0492. The van der Waals surface area contributed by atoms with Crippen molar-refractivity contribution in [2.45, 2.75) is 13.8 Å². The molecule has 1 aliphatic heterocycles. The second-order valence-electron chi connectivity index (χ2n) is 7.29. The molecule has 7 heteroatoms. The van der Waals surface area contributed by atoms with E-state index >= 15 is 0 Å². The summed E-state index contributed by atoms with van der Waals surface area (Å²) >= 11 is 0. The fraction of sp³-hybridized carbons (Fsp3) is 0.304. The van der Waals surface area contributed by atoms with E-state index in [1.165, 1.54) is 0 Å². The average molecular weight is 404 g/mol. The lowest BCUT2D eigenvalue weighted by Crippen LogP contribution is -2.50. The van der Waals surface area contributed by atoms with Gasteiger partial charge in [-0.2, -0.15) is 0 Å². The molecule has 0 radical (unpaired) electrons. The number of piperazine rings is 1. The number of rotatable bonds is 3. The third-order valence-corrected chi connectivity index (χ3v) is 5.26. The van der Waals surface area contributed by atoms with Gasteiger partial charge in [-0.25, -0.2) is 9.78 Å². The standard InChI is InChI=1S/C23H24N4O3/c1-3-30-23(29)27-12-10-26(11-13-27)22(28)19-15-21(17-6-8-24-9-7-17)25-20-5-4-16(2)14-18(19)20/h4-9,14-15H,3,10-13H2,1-2H3. The summed E-state index contributed by atoms with van der Waals surface area (Å²) < 4.78 is 5.07. The largest absolute Gasteiger partial charge is 0.450 e. The summed E-state index contributed by atoms with van der Waals surface area (Å²) in [4.78, 5) is 37.7. The monoisotopic (exact) mass is 404 g/mol. The van der Waals surface area contributed by atoms with Crippen molar-refractivity contribution in [3.63, 3.8) is 0 Å². The summed E-state index contributed by atoms with van der Waals surface area (Å²) in [5, 5.41) is 0.839. The third kappa shape index (κ3) is 3.96. The van der Waals surface area contributed by atoms with E-state index in [1.54, 1.807) is 29.1 Å². The maximum absolute atomic E-state index is 13.5. The van der Waals surface area contributed by atoms with Crippen molar-refractivity contribution in [1.29, 1.82) is 0 Å². The first-order chi connectivity index (χ1) is 14.6. The smallest absolute Gasteiger partial charge is 0.409 e. The lowest BCUT2D eigenvalue weighted by Gasteiger charge is -2.34. The van der Waals surface area contributed by atoms with Gasteiger partial charge in [0.2, 0.25) is 0 Å². The van der Waals surface area contributed by atoms with E-state index in [0.717, 1.165) is 27.7 Å². The lowest BCUT2D eigenvalue weighted by molar-refractivity contribution is 0.0572. The van der Waals surface area contributed by atoms with Crippen molar-refractivity contribution in [3.8, 4) is 11.3 Å². The highest BCUT2D eigenvalue weighted by atomic mass is 16.6. The molecule has 4 rings (SSSR count). The lowest BCUT2D eigenvalue weighted by atomic mass is 10.0. The minimum Gasteiger partial charge on any atom is -0.450 e. The number of fused-ring (bicyclic) bond motifs is 1. The second-order valence-corrected chi connectivity index (χ2v) is 7.29. The van der Waals surface area contributed by atoms with Crippen molar-refractivity contribution >= 4 is 22.9 Å². The fourth-order valence-electron chi connectivity index (χ4n) is 3.66. The second kappa shape index (κ2) is 8.49. The highest BCUT2D eigenvalue weighted by Crippen LogP contribution is 2.27. The predicted octanol–water partition coefficient (Wildman–Crippen LogP) is 3.52. The Bertz CT molecular complexity index is 1080. The number of ether oxygens (including phenoxy) is 1. The van der Waals surface area contributed by atoms with Gasteiger partial charge in [-0.3, -0.25) is 9.78 Å². The Labute approximate surface area is 175 Å². The van der Waals surface area contributed by atoms with E-state index in [9.17, 15) is 9.59 Å². The molecule has 0 saturated carbocycles. The highest BCUT2D eigenvalue weighted by Gasteiger charge is 2.27. The van der Waals surface area contributed by atoms with E-state index in [2.05, 4.69) is 4.98 Å². The number of amides is 2. The Balaban J connectivity index is 1.66. The van der Waals surface area contributed by atoms with Crippen LogP contribution >= 0.6 is 0 Å². The maximum Gasteiger partial charge on any atom is 0.409 e. The highest BCUT2D eigenvalue weighted by molar-refractivity contribution is 6.07. The molecule has 0 atom stereocenters. The van der Waals surface area contributed by atoms with Crippen LogP contribution in [0.1, 0.15) is 22.8 Å². The Morgan fingerprint density at radius 3 is 2.40 bits per heavy atom. The molecule has 7 nitrogen and oxygen atoms in total. The minimum absolute atomic E-state index is 0.0492. The number of hydrogen-bond acceptors (Lipinski definition) is 5. The van der Waals surface area contributed by atoms with Gasteiger partial charge in [0, 0.05) is 49.5 Å². The molecule has 0 N–H and O–H groups in total. The zero-order chi connectivity index (χ0) is 21.1. The zero-order valence-electron chi connectivity index (χ0n) is 17.2. The van der Waals surface area contributed by atoms with Crippen LogP contribution in [-0.4, -0.2) is 64.6 Å². The van der Waals surface area contributed by atoms with Crippen molar-refractivity contribution in [2.75, 3.05) is 32.8 Å². The SMILES string of the molecule is CCOC(=O)N1CCN(C(=O)c2cc(-c3ccncc3)nc3ccc(C)cc23)CC1. The molecule has 1 aromatic carbocycles. The van der Waals surface area contributed by atoms with Gasteiger partial charge in [0.1, 0.15) is 0 Å². The first-order valence-electron chi connectivity index (χ1n) is 10.1. The van der Waals surface area contributed by atoms with E-state index in [-0.39, 0.29) is 12.0 Å². The Hall–Kier alpha value is -3.48. The first-order valence-corrected chi connectivity index (χ1v) is 10.1. The van der Waals surface area contributed by atoms with E-state index in [1.807, 2.05) is 43.3 Å².